The number of anilines is 2. The molecule has 2 aromatic rings. The molecule has 1 amide bonds. The molecule has 26 heavy (non-hydrogen) atoms. The van der Waals surface area contributed by atoms with Crippen LogP contribution in [0.25, 0.3) is 0 Å². The molecule has 0 saturated heterocycles. The van der Waals surface area contributed by atoms with Gasteiger partial charge in [0.05, 0.1) is 27.0 Å². The summed E-state index contributed by atoms with van der Waals surface area (Å²) < 4.78 is 38.6. The lowest BCUT2D eigenvalue weighted by atomic mass is 10.2. The number of halogens is 4. The average molecular weight is 440 g/mol. The summed E-state index contributed by atoms with van der Waals surface area (Å²) in [6.07, 6.45) is 0.966. The Hall–Kier alpha value is -1.54. The molecule has 0 saturated carbocycles. The van der Waals surface area contributed by atoms with Crippen molar-refractivity contribution >= 4 is 62.1 Å². The molecule has 0 bridgehead atoms. The van der Waals surface area contributed by atoms with Crippen LogP contribution in [0.3, 0.4) is 0 Å². The zero-order valence-electron chi connectivity index (χ0n) is 13.6. The van der Waals surface area contributed by atoms with Crippen LogP contribution in [0.15, 0.2) is 36.4 Å². The van der Waals surface area contributed by atoms with Crippen molar-refractivity contribution in [2.45, 2.75) is 13.0 Å². The first kappa shape index (κ1) is 20.8. The topological polar surface area (TPSA) is 66.5 Å². The second-order valence-corrected chi connectivity index (χ2v) is 8.53. The lowest BCUT2D eigenvalue weighted by molar-refractivity contribution is -0.116. The number of sulfonamides is 1. The van der Waals surface area contributed by atoms with E-state index in [0.717, 1.165) is 16.6 Å². The van der Waals surface area contributed by atoms with E-state index in [9.17, 15) is 17.6 Å². The monoisotopic (exact) mass is 438 g/mol. The van der Waals surface area contributed by atoms with E-state index in [1.54, 1.807) is 0 Å². The Morgan fingerprint density at radius 1 is 1.08 bits per heavy atom. The smallest absolute Gasteiger partial charge is 0.247 e. The predicted octanol–water partition coefficient (Wildman–Crippen LogP) is 4.58. The minimum absolute atomic E-state index is 0.149. The van der Waals surface area contributed by atoms with Crippen molar-refractivity contribution in [3.8, 4) is 0 Å². The van der Waals surface area contributed by atoms with Gasteiger partial charge in [0.2, 0.25) is 15.9 Å². The van der Waals surface area contributed by atoms with E-state index in [-0.39, 0.29) is 26.4 Å². The fraction of sp³-hybridized carbons (Fsp3) is 0.188. The summed E-state index contributed by atoms with van der Waals surface area (Å²) in [6, 6.07) is 6.74. The summed E-state index contributed by atoms with van der Waals surface area (Å²) in [5.41, 5.74) is 0.414. The van der Waals surface area contributed by atoms with Crippen LogP contribution in [0.1, 0.15) is 6.92 Å². The van der Waals surface area contributed by atoms with Gasteiger partial charge in [0.25, 0.3) is 0 Å². The number of nitrogens with zero attached hydrogens (tertiary/aromatic N) is 1. The summed E-state index contributed by atoms with van der Waals surface area (Å²) >= 11 is 17.5. The summed E-state index contributed by atoms with van der Waals surface area (Å²) in [4.78, 5) is 12.5. The molecule has 0 aliphatic rings. The van der Waals surface area contributed by atoms with Crippen LogP contribution in [0.2, 0.25) is 15.1 Å². The van der Waals surface area contributed by atoms with Crippen LogP contribution in [-0.2, 0) is 14.8 Å². The number of hydrogen-bond donors (Lipinski definition) is 1. The predicted molar refractivity (Wildman–Crippen MR) is 103 cm³/mol. The maximum atomic E-state index is 13.2. The Kier molecular flexibility index (Phi) is 6.39. The van der Waals surface area contributed by atoms with E-state index in [2.05, 4.69) is 5.32 Å². The molecule has 0 aliphatic heterocycles. The van der Waals surface area contributed by atoms with Gasteiger partial charge in [-0.2, -0.15) is 0 Å². The fourth-order valence-corrected chi connectivity index (χ4v) is 3.89. The number of hydrogen-bond acceptors (Lipinski definition) is 3. The molecule has 0 spiro atoms. The molecule has 0 unspecified atom stereocenters. The summed E-state index contributed by atoms with van der Waals surface area (Å²) in [6.45, 7) is 1.41. The van der Waals surface area contributed by atoms with Gasteiger partial charge in [-0.3, -0.25) is 9.10 Å². The van der Waals surface area contributed by atoms with E-state index >= 15 is 0 Å². The molecule has 0 aliphatic carbocycles. The first-order chi connectivity index (χ1) is 12.0. The molecule has 1 atom stereocenters. The van der Waals surface area contributed by atoms with Crippen LogP contribution in [0.5, 0.6) is 0 Å². The minimum atomic E-state index is -3.81. The van der Waals surface area contributed by atoms with Gasteiger partial charge in [0, 0.05) is 5.69 Å². The lowest BCUT2D eigenvalue weighted by Crippen LogP contribution is -2.45. The highest BCUT2D eigenvalue weighted by molar-refractivity contribution is 7.92. The van der Waals surface area contributed by atoms with E-state index in [4.69, 9.17) is 34.8 Å². The second-order valence-electron chi connectivity index (χ2n) is 5.45. The van der Waals surface area contributed by atoms with Gasteiger partial charge in [-0.05, 0) is 43.3 Å². The molecule has 0 aromatic heterocycles. The van der Waals surface area contributed by atoms with E-state index in [1.807, 2.05) is 0 Å². The zero-order valence-corrected chi connectivity index (χ0v) is 16.7. The van der Waals surface area contributed by atoms with Gasteiger partial charge in [-0.1, -0.05) is 34.8 Å². The normalized spacial score (nSPS) is 12.5. The molecule has 1 N–H and O–H groups in total. The number of nitrogens with one attached hydrogen (secondary N) is 1. The summed E-state index contributed by atoms with van der Waals surface area (Å²) in [5, 5.41) is 2.74. The number of rotatable bonds is 5. The SMILES string of the molecule is C[C@@H](C(=O)Nc1ccc(F)c(Cl)c1)N(c1ccc(Cl)c(Cl)c1)S(C)(=O)=O. The first-order valence-corrected chi connectivity index (χ1v) is 10.2. The molecular formula is C16H14Cl3FN2O3S. The molecule has 2 aromatic carbocycles. The molecule has 0 radical (unpaired) electrons. The second kappa shape index (κ2) is 8.00. The largest absolute Gasteiger partial charge is 0.324 e. The zero-order chi connectivity index (χ0) is 19.6. The van der Waals surface area contributed by atoms with E-state index in [0.29, 0.717) is 0 Å². The number of carbonyl (C=O) groups excluding carboxylic acids is 1. The lowest BCUT2D eigenvalue weighted by Gasteiger charge is -2.28. The standard InChI is InChI=1S/C16H14Cl3FN2O3S/c1-9(16(23)21-10-3-6-15(20)14(19)7-10)22(26(2,24)25)11-4-5-12(17)13(18)8-11/h3-9H,1-2H3,(H,21,23)/t9-/m0/s1. The molecule has 0 heterocycles. The molecule has 2 rings (SSSR count). The third-order valence-electron chi connectivity index (χ3n) is 3.43. The average Bonchev–Trinajstić information content (AvgIpc) is 2.53. The van der Waals surface area contributed by atoms with Crippen molar-refractivity contribution in [1.29, 1.82) is 0 Å². The minimum Gasteiger partial charge on any atom is -0.324 e. The van der Waals surface area contributed by atoms with E-state index < -0.39 is 27.8 Å². The third kappa shape index (κ3) is 4.79. The van der Waals surface area contributed by atoms with Gasteiger partial charge < -0.3 is 5.32 Å². The Bertz CT molecular complexity index is 954. The molecule has 10 heteroatoms. The third-order valence-corrected chi connectivity index (χ3v) is 5.70. The van der Waals surface area contributed by atoms with Crippen LogP contribution in [-0.4, -0.2) is 26.6 Å². The maximum Gasteiger partial charge on any atom is 0.247 e. The number of benzene rings is 2. The van der Waals surface area contributed by atoms with Crippen molar-refractivity contribution in [1.82, 2.24) is 0 Å². The molecular weight excluding hydrogens is 426 g/mol. The van der Waals surface area contributed by atoms with Crippen molar-refractivity contribution in [3.05, 3.63) is 57.3 Å². The highest BCUT2D eigenvalue weighted by atomic mass is 35.5. The van der Waals surface area contributed by atoms with Crippen molar-refractivity contribution in [2.24, 2.45) is 0 Å². The Labute approximate surface area is 165 Å². The van der Waals surface area contributed by atoms with Crippen molar-refractivity contribution in [3.63, 3.8) is 0 Å². The highest BCUT2D eigenvalue weighted by Gasteiger charge is 2.29. The maximum absolute atomic E-state index is 13.2. The van der Waals surface area contributed by atoms with Crippen molar-refractivity contribution < 1.29 is 17.6 Å². The Balaban J connectivity index is 2.34. The van der Waals surface area contributed by atoms with Gasteiger partial charge in [0.1, 0.15) is 11.9 Å². The highest BCUT2D eigenvalue weighted by Crippen LogP contribution is 2.30. The summed E-state index contributed by atoms with van der Waals surface area (Å²) in [5.74, 6) is -1.27. The number of carbonyl (C=O) groups is 1. The molecule has 140 valence electrons. The Morgan fingerprint density at radius 3 is 2.27 bits per heavy atom. The summed E-state index contributed by atoms with van der Waals surface area (Å²) in [7, 11) is -3.81. The van der Waals surface area contributed by atoms with Crippen LogP contribution < -0.4 is 9.62 Å². The van der Waals surface area contributed by atoms with Crippen LogP contribution in [0.4, 0.5) is 15.8 Å². The van der Waals surface area contributed by atoms with Gasteiger partial charge in [-0.25, -0.2) is 12.8 Å². The van der Waals surface area contributed by atoms with Crippen molar-refractivity contribution in [2.75, 3.05) is 15.9 Å². The fourth-order valence-electron chi connectivity index (χ4n) is 2.25. The van der Waals surface area contributed by atoms with Gasteiger partial charge in [-0.15, -0.1) is 0 Å². The number of amides is 1. The molecule has 5 nitrogen and oxygen atoms in total. The van der Waals surface area contributed by atoms with Crippen LogP contribution in [0, 0.1) is 5.82 Å². The quantitative estimate of drug-likeness (QED) is 0.741. The Morgan fingerprint density at radius 2 is 1.73 bits per heavy atom. The van der Waals surface area contributed by atoms with Crippen LogP contribution >= 0.6 is 34.8 Å². The van der Waals surface area contributed by atoms with Gasteiger partial charge >= 0.3 is 0 Å². The molecule has 0 fully saturated rings. The van der Waals surface area contributed by atoms with Gasteiger partial charge in [0.15, 0.2) is 0 Å². The van der Waals surface area contributed by atoms with E-state index in [1.165, 1.54) is 37.3 Å². The first-order valence-electron chi connectivity index (χ1n) is 7.21.